The molecule has 10 aromatic rings. The van der Waals surface area contributed by atoms with Gasteiger partial charge in [0.25, 0.3) is 0 Å². The minimum absolute atomic E-state index is 0.613. The normalized spacial score (nSPS) is 11.6. The first-order valence-corrected chi connectivity index (χ1v) is 17.4. The summed E-state index contributed by atoms with van der Waals surface area (Å²) in [5.74, 6) is 1.88. The fraction of sp³-hybridized carbons (Fsp3) is 0. The number of furan rings is 1. The third-order valence-electron chi connectivity index (χ3n) is 9.36. The van der Waals surface area contributed by atoms with E-state index in [2.05, 4.69) is 91.0 Å². The average molecular weight is 658 g/mol. The lowest BCUT2D eigenvalue weighted by molar-refractivity contribution is 0.670. The average Bonchev–Trinajstić information content (AvgIpc) is 3.76. The summed E-state index contributed by atoms with van der Waals surface area (Å²) in [7, 11) is 0. The smallest absolute Gasteiger partial charge is 0.164 e. The van der Waals surface area contributed by atoms with Crippen LogP contribution in [0, 0.1) is 0 Å². The summed E-state index contributed by atoms with van der Waals surface area (Å²) in [6, 6.07) is 56.8. The molecule has 5 heteroatoms. The summed E-state index contributed by atoms with van der Waals surface area (Å²) in [6.07, 6.45) is 0. The van der Waals surface area contributed by atoms with Gasteiger partial charge in [-0.3, -0.25) is 0 Å². The monoisotopic (exact) mass is 657 g/mol. The highest BCUT2D eigenvalue weighted by Gasteiger charge is 2.19. The molecule has 0 saturated carbocycles. The highest BCUT2D eigenvalue weighted by molar-refractivity contribution is 7.25. The molecule has 50 heavy (non-hydrogen) atoms. The van der Waals surface area contributed by atoms with Gasteiger partial charge in [-0.05, 0) is 41.0 Å². The highest BCUT2D eigenvalue weighted by atomic mass is 32.1. The summed E-state index contributed by atoms with van der Waals surface area (Å²) in [6.45, 7) is 0. The van der Waals surface area contributed by atoms with Gasteiger partial charge in [-0.25, -0.2) is 15.0 Å². The molecular formula is C45H27N3OS. The first kappa shape index (κ1) is 28.6. The van der Waals surface area contributed by atoms with E-state index in [0.29, 0.717) is 17.5 Å². The molecule has 0 aliphatic rings. The molecule has 3 aromatic heterocycles. The van der Waals surface area contributed by atoms with Crippen molar-refractivity contribution in [1.29, 1.82) is 0 Å². The van der Waals surface area contributed by atoms with Crippen LogP contribution in [0.15, 0.2) is 168 Å². The predicted molar refractivity (Wildman–Crippen MR) is 207 cm³/mol. The van der Waals surface area contributed by atoms with Gasteiger partial charge in [-0.1, -0.05) is 140 Å². The number of aromatic nitrogens is 3. The van der Waals surface area contributed by atoms with Gasteiger partial charge in [0.05, 0.1) is 0 Å². The van der Waals surface area contributed by atoms with E-state index < -0.39 is 0 Å². The first-order chi connectivity index (χ1) is 24.8. The van der Waals surface area contributed by atoms with Crippen LogP contribution in [0.2, 0.25) is 0 Å². The molecule has 0 aliphatic heterocycles. The van der Waals surface area contributed by atoms with Crippen molar-refractivity contribution in [2.45, 2.75) is 0 Å². The van der Waals surface area contributed by atoms with Crippen LogP contribution in [0.5, 0.6) is 0 Å². The number of hydrogen-bond acceptors (Lipinski definition) is 5. The Labute approximate surface area is 292 Å². The summed E-state index contributed by atoms with van der Waals surface area (Å²) in [5, 5.41) is 4.76. The first-order valence-electron chi connectivity index (χ1n) is 16.6. The molecule has 4 nitrogen and oxygen atoms in total. The molecule has 0 N–H and O–H groups in total. The van der Waals surface area contributed by atoms with Crippen LogP contribution in [-0.2, 0) is 0 Å². The summed E-state index contributed by atoms with van der Waals surface area (Å²) in [4.78, 5) is 15.0. The van der Waals surface area contributed by atoms with Gasteiger partial charge in [0.2, 0.25) is 0 Å². The van der Waals surface area contributed by atoms with Gasteiger partial charge >= 0.3 is 0 Å². The SMILES string of the molecule is c1ccc(-c2nc(-c3ccccc3)nc(-c3ccc(-c4ccc5c(c4)sc4ccccc45)c(-c4cccc5c4oc4ccccc45)c3)n2)cc1. The minimum atomic E-state index is 0.613. The van der Waals surface area contributed by atoms with E-state index in [-0.39, 0.29) is 0 Å². The molecule has 0 atom stereocenters. The molecule has 0 radical (unpaired) electrons. The zero-order valence-corrected chi connectivity index (χ0v) is 27.6. The molecule has 7 aromatic carbocycles. The number of benzene rings is 7. The molecule has 0 saturated heterocycles. The van der Waals surface area contributed by atoms with E-state index in [1.165, 1.54) is 20.2 Å². The quantitative estimate of drug-likeness (QED) is 0.185. The van der Waals surface area contributed by atoms with E-state index >= 15 is 0 Å². The molecular weight excluding hydrogens is 631 g/mol. The fourth-order valence-corrected chi connectivity index (χ4v) is 8.09. The van der Waals surface area contributed by atoms with E-state index in [1.807, 2.05) is 84.1 Å². The largest absolute Gasteiger partial charge is 0.455 e. The molecule has 0 fully saturated rings. The van der Waals surface area contributed by atoms with Gasteiger partial charge < -0.3 is 4.42 Å². The lowest BCUT2D eigenvalue weighted by Gasteiger charge is -2.14. The summed E-state index contributed by atoms with van der Waals surface area (Å²) >= 11 is 1.83. The highest BCUT2D eigenvalue weighted by Crippen LogP contribution is 2.43. The topological polar surface area (TPSA) is 51.8 Å². The van der Waals surface area contributed by atoms with Crippen molar-refractivity contribution in [2.24, 2.45) is 0 Å². The van der Waals surface area contributed by atoms with Crippen molar-refractivity contribution >= 4 is 53.4 Å². The van der Waals surface area contributed by atoms with Gasteiger partial charge in [-0.15, -0.1) is 11.3 Å². The number of rotatable bonds is 5. The Morgan fingerprint density at radius 1 is 0.360 bits per heavy atom. The molecule has 0 bridgehead atoms. The van der Waals surface area contributed by atoms with Crippen molar-refractivity contribution in [3.05, 3.63) is 164 Å². The van der Waals surface area contributed by atoms with Gasteiger partial charge in [0, 0.05) is 53.2 Å². The zero-order valence-electron chi connectivity index (χ0n) is 26.7. The number of hydrogen-bond donors (Lipinski definition) is 0. The molecule has 234 valence electrons. The maximum atomic E-state index is 6.60. The van der Waals surface area contributed by atoms with Crippen LogP contribution in [-0.4, -0.2) is 15.0 Å². The Kier molecular flexibility index (Phi) is 6.64. The predicted octanol–water partition coefficient (Wildman–Crippen LogP) is 12.5. The maximum Gasteiger partial charge on any atom is 0.164 e. The Hall–Kier alpha value is -6.43. The van der Waals surface area contributed by atoms with Crippen molar-refractivity contribution in [1.82, 2.24) is 15.0 Å². The Morgan fingerprint density at radius 2 is 0.960 bits per heavy atom. The molecule has 3 heterocycles. The standard InChI is InChI=1S/C45H27N3OS/c1-3-12-28(13-4-1)43-46-44(29-14-5-2-6-15-29)48-45(47-43)31-23-24-32(30-22-25-35-34-17-8-10-21-40(34)50-41(35)27-30)38(26-31)37-19-11-18-36-33-16-7-9-20-39(33)49-42(36)37/h1-27H. The van der Waals surface area contributed by atoms with Crippen LogP contribution in [0.3, 0.4) is 0 Å². The third-order valence-corrected chi connectivity index (χ3v) is 10.5. The van der Waals surface area contributed by atoms with Crippen LogP contribution in [0.25, 0.3) is 98.5 Å². The van der Waals surface area contributed by atoms with E-state index in [1.54, 1.807) is 0 Å². The van der Waals surface area contributed by atoms with Gasteiger partial charge in [0.15, 0.2) is 17.5 Å². The second kappa shape index (κ2) is 11.6. The molecule has 0 amide bonds. The zero-order chi connectivity index (χ0) is 33.0. The number of thiophene rings is 1. The van der Waals surface area contributed by atoms with Crippen molar-refractivity contribution in [3.63, 3.8) is 0 Å². The second-order valence-corrected chi connectivity index (χ2v) is 13.5. The number of nitrogens with zero attached hydrogens (tertiary/aromatic N) is 3. The minimum Gasteiger partial charge on any atom is -0.455 e. The second-order valence-electron chi connectivity index (χ2n) is 12.4. The molecule has 10 rings (SSSR count). The Balaban J connectivity index is 1.22. The number of fused-ring (bicyclic) bond motifs is 6. The van der Waals surface area contributed by atoms with Crippen LogP contribution in [0.4, 0.5) is 0 Å². The summed E-state index contributed by atoms with van der Waals surface area (Å²) in [5.41, 5.74) is 8.84. The van der Waals surface area contributed by atoms with E-state index in [4.69, 9.17) is 19.4 Å². The Morgan fingerprint density at radius 3 is 1.72 bits per heavy atom. The number of para-hydroxylation sites is 2. The van der Waals surface area contributed by atoms with Crippen LogP contribution < -0.4 is 0 Å². The van der Waals surface area contributed by atoms with E-state index in [0.717, 1.165) is 60.9 Å². The lowest BCUT2D eigenvalue weighted by Crippen LogP contribution is -2.00. The van der Waals surface area contributed by atoms with Crippen molar-refractivity contribution < 1.29 is 4.42 Å². The van der Waals surface area contributed by atoms with Crippen LogP contribution in [0.1, 0.15) is 0 Å². The third kappa shape index (κ3) is 4.79. The molecule has 0 unspecified atom stereocenters. The molecule has 0 spiro atoms. The lowest BCUT2D eigenvalue weighted by atomic mass is 9.91. The van der Waals surface area contributed by atoms with Crippen molar-refractivity contribution in [2.75, 3.05) is 0 Å². The van der Waals surface area contributed by atoms with Gasteiger partial charge in [0.1, 0.15) is 11.2 Å². The van der Waals surface area contributed by atoms with Crippen LogP contribution >= 0.6 is 11.3 Å². The molecule has 0 aliphatic carbocycles. The maximum absolute atomic E-state index is 6.60. The van der Waals surface area contributed by atoms with Gasteiger partial charge in [-0.2, -0.15) is 0 Å². The Bertz CT molecular complexity index is 2820. The van der Waals surface area contributed by atoms with Crippen molar-refractivity contribution in [3.8, 4) is 56.4 Å². The fourth-order valence-electron chi connectivity index (χ4n) is 6.95. The summed E-state index contributed by atoms with van der Waals surface area (Å²) < 4.78 is 9.15. The van der Waals surface area contributed by atoms with E-state index in [9.17, 15) is 0 Å².